The number of aryl methyl sites for hydroxylation is 1. The van der Waals surface area contributed by atoms with E-state index in [0.29, 0.717) is 29.4 Å². The Morgan fingerprint density at radius 1 is 0.972 bits per heavy atom. The van der Waals surface area contributed by atoms with Crippen molar-refractivity contribution in [3.05, 3.63) is 88.3 Å². The van der Waals surface area contributed by atoms with Crippen LogP contribution in [0, 0.1) is 0 Å². The molecule has 0 aliphatic carbocycles. The number of carbonyl (C=O) groups excluding carboxylic acids is 2. The van der Waals surface area contributed by atoms with E-state index in [1.807, 2.05) is 60.7 Å². The Balaban J connectivity index is 1.44. The first-order chi connectivity index (χ1) is 17.5. The van der Waals surface area contributed by atoms with Gasteiger partial charge in [0.1, 0.15) is 6.54 Å². The Bertz CT molecular complexity index is 1270. The third-order valence-corrected chi connectivity index (χ3v) is 7.08. The normalized spacial score (nSPS) is 13.9. The Kier molecular flexibility index (Phi) is 8.33. The molecule has 0 spiro atoms. The van der Waals surface area contributed by atoms with Gasteiger partial charge in [0.05, 0.1) is 24.8 Å². The van der Waals surface area contributed by atoms with E-state index in [-0.39, 0.29) is 18.4 Å². The zero-order valence-corrected chi connectivity index (χ0v) is 21.6. The first-order valence-electron chi connectivity index (χ1n) is 11.9. The standard InChI is InChI=1S/C29H30N2O4S/c1-4-20-9-11-21(12-10-20)18-27-29(33)31(23-7-5-6-8-26(23)36-27)19-28(32)30-16-15-22-13-14-24(34-2)25(17-22)35-3/h5-14,17-18H,4,15-16,19H2,1-3H3,(H,30,32)/b27-18-. The van der Waals surface area contributed by atoms with E-state index in [1.54, 1.807) is 19.1 Å². The van der Waals surface area contributed by atoms with Crippen LogP contribution in [-0.2, 0) is 22.4 Å². The lowest BCUT2D eigenvalue weighted by Crippen LogP contribution is -2.43. The Labute approximate surface area is 216 Å². The second-order valence-corrected chi connectivity index (χ2v) is 9.44. The summed E-state index contributed by atoms with van der Waals surface area (Å²) in [6.07, 6.45) is 3.49. The largest absolute Gasteiger partial charge is 0.493 e. The van der Waals surface area contributed by atoms with E-state index in [9.17, 15) is 9.59 Å². The first kappa shape index (κ1) is 25.4. The van der Waals surface area contributed by atoms with Gasteiger partial charge in [0, 0.05) is 11.4 Å². The minimum absolute atomic E-state index is 0.0472. The molecule has 1 N–H and O–H groups in total. The number of nitrogens with one attached hydrogen (secondary N) is 1. The van der Waals surface area contributed by atoms with Crippen LogP contribution in [0.15, 0.2) is 76.5 Å². The highest BCUT2D eigenvalue weighted by Gasteiger charge is 2.30. The van der Waals surface area contributed by atoms with Crippen LogP contribution in [0.4, 0.5) is 5.69 Å². The lowest BCUT2D eigenvalue weighted by Gasteiger charge is -2.29. The van der Waals surface area contributed by atoms with Crippen LogP contribution in [0.2, 0.25) is 0 Å². The molecule has 1 heterocycles. The summed E-state index contributed by atoms with van der Waals surface area (Å²) in [4.78, 5) is 29.4. The predicted molar refractivity (Wildman–Crippen MR) is 145 cm³/mol. The van der Waals surface area contributed by atoms with Gasteiger partial charge in [0.15, 0.2) is 11.5 Å². The number of rotatable bonds is 9. The van der Waals surface area contributed by atoms with Crippen molar-refractivity contribution in [3.63, 3.8) is 0 Å². The molecule has 6 nitrogen and oxygen atoms in total. The monoisotopic (exact) mass is 502 g/mol. The van der Waals surface area contributed by atoms with E-state index >= 15 is 0 Å². The third kappa shape index (κ3) is 5.91. The van der Waals surface area contributed by atoms with Gasteiger partial charge in [-0.3, -0.25) is 14.5 Å². The minimum Gasteiger partial charge on any atom is -0.493 e. The van der Waals surface area contributed by atoms with Crippen molar-refractivity contribution in [2.75, 3.05) is 32.2 Å². The van der Waals surface area contributed by atoms with E-state index in [4.69, 9.17) is 9.47 Å². The zero-order chi connectivity index (χ0) is 25.5. The van der Waals surface area contributed by atoms with Crippen LogP contribution in [0.1, 0.15) is 23.6 Å². The van der Waals surface area contributed by atoms with E-state index in [2.05, 4.69) is 24.4 Å². The number of carbonyl (C=O) groups is 2. The number of benzene rings is 3. The summed E-state index contributed by atoms with van der Waals surface area (Å²) in [5, 5.41) is 2.94. The van der Waals surface area contributed by atoms with E-state index in [1.165, 1.54) is 17.3 Å². The van der Waals surface area contributed by atoms with Gasteiger partial charge in [0.2, 0.25) is 5.91 Å². The lowest BCUT2D eigenvalue weighted by atomic mass is 10.1. The van der Waals surface area contributed by atoms with Gasteiger partial charge in [-0.25, -0.2) is 0 Å². The molecule has 0 radical (unpaired) electrons. The number of thioether (sulfide) groups is 1. The first-order valence-corrected chi connectivity index (χ1v) is 12.7. The molecular weight excluding hydrogens is 472 g/mol. The average Bonchev–Trinajstić information content (AvgIpc) is 2.91. The van der Waals surface area contributed by atoms with Crippen LogP contribution in [0.5, 0.6) is 11.5 Å². The van der Waals surface area contributed by atoms with Crippen LogP contribution in [0.3, 0.4) is 0 Å². The fraction of sp³-hybridized carbons (Fsp3) is 0.241. The topological polar surface area (TPSA) is 67.9 Å². The molecule has 0 saturated carbocycles. The highest BCUT2D eigenvalue weighted by Crippen LogP contribution is 2.41. The van der Waals surface area contributed by atoms with Crippen molar-refractivity contribution in [2.24, 2.45) is 0 Å². The molecule has 1 aliphatic heterocycles. The fourth-order valence-electron chi connectivity index (χ4n) is 4.00. The molecule has 7 heteroatoms. The van der Waals surface area contributed by atoms with Gasteiger partial charge in [0.25, 0.3) is 5.91 Å². The summed E-state index contributed by atoms with van der Waals surface area (Å²) >= 11 is 1.44. The second kappa shape index (κ2) is 11.8. The summed E-state index contributed by atoms with van der Waals surface area (Å²) in [6.45, 7) is 2.51. The molecule has 3 aromatic rings. The van der Waals surface area contributed by atoms with Crippen molar-refractivity contribution < 1.29 is 19.1 Å². The third-order valence-electron chi connectivity index (χ3n) is 6.00. The van der Waals surface area contributed by atoms with Crippen LogP contribution in [0.25, 0.3) is 6.08 Å². The lowest BCUT2D eigenvalue weighted by molar-refractivity contribution is -0.122. The van der Waals surface area contributed by atoms with Gasteiger partial charge in [-0.05, 0) is 59.9 Å². The minimum atomic E-state index is -0.211. The smallest absolute Gasteiger partial charge is 0.265 e. The van der Waals surface area contributed by atoms with E-state index in [0.717, 1.165) is 28.1 Å². The molecule has 36 heavy (non-hydrogen) atoms. The van der Waals surface area contributed by atoms with Crippen molar-refractivity contribution in [2.45, 2.75) is 24.7 Å². The van der Waals surface area contributed by atoms with Gasteiger partial charge >= 0.3 is 0 Å². The summed E-state index contributed by atoms with van der Waals surface area (Å²) in [7, 11) is 3.19. The number of nitrogens with zero attached hydrogens (tertiary/aromatic N) is 1. The highest BCUT2D eigenvalue weighted by molar-refractivity contribution is 8.04. The Morgan fingerprint density at radius 3 is 2.42 bits per heavy atom. The van der Waals surface area contributed by atoms with Gasteiger partial charge < -0.3 is 14.8 Å². The van der Waals surface area contributed by atoms with Crippen molar-refractivity contribution in [3.8, 4) is 11.5 Å². The van der Waals surface area contributed by atoms with Crippen molar-refractivity contribution >= 4 is 35.3 Å². The Morgan fingerprint density at radius 2 is 1.69 bits per heavy atom. The molecule has 1 aliphatic rings. The van der Waals surface area contributed by atoms with Gasteiger partial charge in [-0.2, -0.15) is 0 Å². The molecule has 0 bridgehead atoms. The average molecular weight is 503 g/mol. The highest BCUT2D eigenvalue weighted by atomic mass is 32.2. The summed E-state index contributed by atoms with van der Waals surface area (Å²) in [6, 6.07) is 21.5. The number of anilines is 1. The van der Waals surface area contributed by atoms with E-state index < -0.39 is 0 Å². The van der Waals surface area contributed by atoms with Crippen molar-refractivity contribution in [1.82, 2.24) is 5.32 Å². The van der Waals surface area contributed by atoms with Crippen LogP contribution < -0.4 is 19.7 Å². The van der Waals surface area contributed by atoms with Gasteiger partial charge in [-0.1, -0.05) is 61.2 Å². The zero-order valence-electron chi connectivity index (χ0n) is 20.7. The summed E-state index contributed by atoms with van der Waals surface area (Å²) < 4.78 is 10.6. The quantitative estimate of drug-likeness (QED) is 0.412. The number of para-hydroxylation sites is 1. The number of hydrogen-bond donors (Lipinski definition) is 1. The van der Waals surface area contributed by atoms with Gasteiger partial charge in [-0.15, -0.1) is 0 Å². The maximum atomic E-state index is 13.4. The van der Waals surface area contributed by atoms with Crippen LogP contribution in [-0.4, -0.2) is 39.1 Å². The molecule has 186 valence electrons. The molecule has 0 aromatic heterocycles. The number of amides is 2. The maximum Gasteiger partial charge on any atom is 0.265 e. The molecule has 4 rings (SSSR count). The molecule has 0 unspecified atom stereocenters. The number of hydrogen-bond acceptors (Lipinski definition) is 5. The SMILES string of the molecule is CCc1ccc(/C=C2\Sc3ccccc3N(CC(=O)NCCc3ccc(OC)c(OC)c3)C2=O)cc1. The molecule has 0 fully saturated rings. The summed E-state index contributed by atoms with van der Waals surface area (Å²) in [5.74, 6) is 0.930. The Hall–Kier alpha value is -3.71. The molecule has 0 atom stereocenters. The molecular formula is C29H30N2O4S. The van der Waals surface area contributed by atoms with Crippen LogP contribution >= 0.6 is 11.8 Å². The molecule has 2 amide bonds. The second-order valence-electron chi connectivity index (χ2n) is 8.35. The number of methoxy groups -OCH3 is 2. The molecule has 3 aromatic carbocycles. The van der Waals surface area contributed by atoms with Crippen molar-refractivity contribution in [1.29, 1.82) is 0 Å². The number of ether oxygens (including phenoxy) is 2. The number of fused-ring (bicyclic) bond motifs is 1. The summed E-state index contributed by atoms with van der Waals surface area (Å²) in [5.41, 5.74) is 3.97. The fourth-order valence-corrected chi connectivity index (χ4v) is 5.06. The predicted octanol–water partition coefficient (Wildman–Crippen LogP) is 5.10. The molecule has 0 saturated heterocycles. The maximum absolute atomic E-state index is 13.4.